The zero-order valence-corrected chi connectivity index (χ0v) is 35.0. The first-order valence-corrected chi connectivity index (χ1v) is 19.4. The molecule has 3 aliphatic heterocycles. The molecule has 0 radical (unpaired) electrons. The summed E-state index contributed by atoms with van der Waals surface area (Å²) in [6.07, 6.45) is -0.0882. The molecule has 0 aromatic carbocycles. The second-order valence-electron chi connectivity index (χ2n) is 15.9. The zero-order chi connectivity index (χ0) is 45.8. The fraction of sp³-hybridized carbons (Fsp3) is 0.429. The number of rotatable bonds is 20. The summed E-state index contributed by atoms with van der Waals surface area (Å²) < 4.78 is 0. The first kappa shape index (κ1) is 49.1. The monoisotopic (exact) mass is 916 g/mol. The number of fused-ring (bicyclic) bond motifs is 8. The molecule has 8 N–H and O–H groups in total. The maximum Gasteiger partial charge on any atom is 4.00 e. The number of carboxylic acids is 8. The number of allylic oxidation sites excluding steroid dienone is 3. The van der Waals surface area contributed by atoms with Crippen molar-refractivity contribution < 1.29 is 96.3 Å². The molecule has 5 heterocycles. The Morgan fingerprint density at radius 3 is 1.63 bits per heavy atom. The van der Waals surface area contributed by atoms with Crippen LogP contribution in [0, 0.1) is 16.7 Å². The Hall–Kier alpha value is -6.60. The molecule has 1 fully saturated rings. The van der Waals surface area contributed by atoms with Gasteiger partial charge in [0, 0.05) is 25.7 Å². The van der Waals surface area contributed by atoms with Crippen LogP contribution in [0.25, 0.3) is 28.9 Å². The number of nitrogens with zero attached hydrogens (tertiary/aromatic N) is 4. The van der Waals surface area contributed by atoms with Crippen LogP contribution in [0.5, 0.6) is 0 Å². The first-order chi connectivity index (χ1) is 29.0. The van der Waals surface area contributed by atoms with Crippen LogP contribution < -0.4 is 20.7 Å². The van der Waals surface area contributed by atoms with E-state index in [2.05, 4.69) is 0 Å². The second-order valence-corrected chi connectivity index (χ2v) is 15.9. The SMILES string of the molecule is C[C@]1(CC(=O)O)C(CCC(=O)O)=C2/C=C3\[N-]/C(=C\c4[n-]c(c(CCC(=O)O)c4CC(=O)O)/C=c4\[n-]/c(c(CC(=O)O)c4CCC(=O)O)=C\C1[N-]2)[C@@H](CCC(=O)O)[C@]3(C)CC(=O)O.[Fe+4]. The molecule has 3 aliphatic rings. The minimum absolute atomic E-state index is 0. The van der Waals surface area contributed by atoms with Gasteiger partial charge in [0.05, 0.1) is 25.7 Å². The quantitative estimate of drug-likeness (QED) is 0.0884. The average Bonchev–Trinajstić information content (AvgIpc) is 3.77. The Balaban J connectivity index is 0.00000871. The third-order valence-corrected chi connectivity index (χ3v) is 11.6. The van der Waals surface area contributed by atoms with Gasteiger partial charge in [0.2, 0.25) is 0 Å². The molecular formula is C42H44FeN4O16. The molecule has 0 saturated carbocycles. The number of carbonyl (C=O) groups is 8. The van der Waals surface area contributed by atoms with E-state index in [1.165, 1.54) is 38.2 Å². The van der Waals surface area contributed by atoms with E-state index in [4.69, 9.17) is 20.6 Å². The first-order valence-electron chi connectivity index (χ1n) is 19.4. The van der Waals surface area contributed by atoms with E-state index in [1.807, 2.05) is 0 Å². The van der Waals surface area contributed by atoms with Crippen LogP contribution in [0.1, 0.15) is 98.9 Å². The summed E-state index contributed by atoms with van der Waals surface area (Å²) in [4.78, 5) is 107. The minimum Gasteiger partial charge on any atom is -0.678 e. The van der Waals surface area contributed by atoms with E-state index in [1.54, 1.807) is 0 Å². The molecule has 0 amide bonds. The predicted octanol–water partition coefficient (Wildman–Crippen LogP) is 2.44. The van der Waals surface area contributed by atoms with Crippen molar-refractivity contribution in [2.24, 2.45) is 16.7 Å². The van der Waals surface area contributed by atoms with Gasteiger partial charge in [-0.15, -0.1) is 33.9 Å². The van der Waals surface area contributed by atoms with E-state index in [-0.39, 0.29) is 110 Å². The van der Waals surface area contributed by atoms with Gasteiger partial charge in [-0.3, -0.25) is 38.4 Å². The second kappa shape index (κ2) is 19.6. The summed E-state index contributed by atoms with van der Waals surface area (Å²) >= 11 is 0. The Morgan fingerprint density at radius 2 is 1.08 bits per heavy atom. The van der Waals surface area contributed by atoms with Gasteiger partial charge in [-0.05, 0) is 48.0 Å². The summed E-state index contributed by atoms with van der Waals surface area (Å²) in [5.41, 5.74) is -2.33. The average molecular weight is 917 g/mol. The largest absolute Gasteiger partial charge is 4.00 e. The number of hydrogen-bond acceptors (Lipinski definition) is 8. The van der Waals surface area contributed by atoms with Gasteiger partial charge in [-0.25, -0.2) is 0 Å². The van der Waals surface area contributed by atoms with Crippen LogP contribution in [0.4, 0.5) is 0 Å². The van der Waals surface area contributed by atoms with Gasteiger partial charge in [0.25, 0.3) is 0 Å². The maximum absolute atomic E-state index is 12.6. The van der Waals surface area contributed by atoms with Crippen LogP contribution in [-0.4, -0.2) is 94.6 Å². The Kier molecular flexibility index (Phi) is 15.3. The smallest absolute Gasteiger partial charge is 0.678 e. The van der Waals surface area contributed by atoms with E-state index in [0.717, 1.165) is 0 Å². The summed E-state index contributed by atoms with van der Waals surface area (Å²) in [6, 6.07) is -1.20. The van der Waals surface area contributed by atoms with E-state index in [0.29, 0.717) is 0 Å². The number of carboxylic acid groups (broad SMARTS) is 8. The molecule has 336 valence electrons. The van der Waals surface area contributed by atoms with Gasteiger partial charge in [-0.2, -0.15) is 11.4 Å². The van der Waals surface area contributed by atoms with Crippen LogP contribution in [0.15, 0.2) is 28.7 Å². The van der Waals surface area contributed by atoms with Crippen molar-refractivity contribution in [2.75, 3.05) is 0 Å². The number of hydrogen-bond donors (Lipinski definition) is 8. The molecule has 20 nitrogen and oxygen atoms in total. The van der Waals surface area contributed by atoms with Crippen molar-refractivity contribution >= 4 is 66.0 Å². The zero-order valence-electron chi connectivity index (χ0n) is 33.9. The van der Waals surface area contributed by atoms with E-state index < -0.39 is 122 Å². The number of aliphatic carboxylic acids is 8. The molecule has 2 aromatic rings. The predicted molar refractivity (Wildman–Crippen MR) is 213 cm³/mol. The number of aromatic nitrogens is 2. The summed E-state index contributed by atoms with van der Waals surface area (Å²) in [6.45, 7) is 3.06. The van der Waals surface area contributed by atoms with Crippen molar-refractivity contribution in [3.05, 3.63) is 83.7 Å². The maximum atomic E-state index is 12.6. The minimum atomic E-state index is -1.52. The van der Waals surface area contributed by atoms with Crippen LogP contribution in [0.2, 0.25) is 0 Å². The molecule has 0 aliphatic carbocycles. The molecule has 63 heavy (non-hydrogen) atoms. The molecule has 1 saturated heterocycles. The van der Waals surface area contributed by atoms with E-state index >= 15 is 0 Å². The van der Waals surface area contributed by atoms with Crippen molar-refractivity contribution in [1.82, 2.24) is 9.97 Å². The van der Waals surface area contributed by atoms with Crippen molar-refractivity contribution in [3.8, 4) is 0 Å². The third-order valence-electron chi connectivity index (χ3n) is 11.6. The fourth-order valence-corrected chi connectivity index (χ4v) is 8.71. The van der Waals surface area contributed by atoms with Crippen molar-refractivity contribution in [3.63, 3.8) is 0 Å². The van der Waals surface area contributed by atoms with Crippen LogP contribution >= 0.6 is 0 Å². The molecule has 1 unspecified atom stereocenters. The van der Waals surface area contributed by atoms with Crippen molar-refractivity contribution in [1.29, 1.82) is 0 Å². The third kappa shape index (κ3) is 11.1. The molecule has 4 atom stereocenters. The summed E-state index contributed by atoms with van der Waals surface area (Å²) in [5, 5.41) is 89.2. The summed E-state index contributed by atoms with van der Waals surface area (Å²) in [5.74, 6) is -11.2. The molecular weight excluding hydrogens is 872 g/mol. The van der Waals surface area contributed by atoms with Gasteiger partial charge in [0.1, 0.15) is 0 Å². The molecule has 0 spiro atoms. The normalized spacial score (nSPS) is 23.8. The van der Waals surface area contributed by atoms with Crippen LogP contribution in [-0.2, 0) is 81.1 Å². The molecule has 21 heteroatoms. The van der Waals surface area contributed by atoms with Gasteiger partial charge in [0.15, 0.2) is 0 Å². The van der Waals surface area contributed by atoms with Gasteiger partial charge in [-0.1, -0.05) is 60.4 Å². The van der Waals surface area contributed by atoms with Crippen LogP contribution in [0.3, 0.4) is 0 Å². The fourth-order valence-electron chi connectivity index (χ4n) is 8.71. The van der Waals surface area contributed by atoms with E-state index in [9.17, 15) is 79.2 Å². The Bertz CT molecular complexity index is 2480. The topological polar surface area (TPSA) is 355 Å². The molecule has 2 aromatic heterocycles. The Morgan fingerprint density at radius 1 is 0.556 bits per heavy atom. The van der Waals surface area contributed by atoms with Crippen molar-refractivity contribution in [2.45, 2.75) is 96.9 Å². The van der Waals surface area contributed by atoms with Gasteiger partial charge < -0.3 is 61.5 Å². The standard InChI is InChI=1S/C42H44N4O16.Fe/c1-41(17-39(59)60)23(5-9-35(51)52)29-14-27-21(11-37(55)56)19(3-7-33(47)48)25(43-27)13-26-20(4-8-34(49)50)22(12-38(57)58)28(44-26)15-31-42(2,18-40(61)62)24(6-10-36(53)54)30(46-31)16-32(41)45-29;/h13-16,23,31H,3-12,17-18H2,1-2H3,(H,47,48)(H,49,50)(H,51,52)(H,53,54)(H,55,56)(H,57,58)(H,59,60)(H,61,62);/q-4;+4/b26-13-,28-15-,29-14-,32-16-;/t23-,31?,41+,42+;/m1./s1. The summed E-state index contributed by atoms with van der Waals surface area (Å²) in [7, 11) is 0. The Labute approximate surface area is 368 Å². The van der Waals surface area contributed by atoms with Gasteiger partial charge >= 0.3 is 64.8 Å². The molecule has 5 rings (SSSR count). The molecule has 8 bridgehead atoms.